The SMILES string of the molecule is CCCCCNS(=O)(=O)c1cccc(C(=O)C(C)C)c1. The van der Waals surface area contributed by atoms with Gasteiger partial charge in [-0.15, -0.1) is 0 Å². The van der Waals surface area contributed by atoms with Gasteiger partial charge in [0.25, 0.3) is 0 Å². The second-order valence-electron chi connectivity index (χ2n) is 5.15. The first-order valence-electron chi connectivity index (χ1n) is 7.02. The fraction of sp³-hybridized carbons (Fsp3) is 0.533. The van der Waals surface area contributed by atoms with Crippen molar-refractivity contribution in [2.45, 2.75) is 44.9 Å². The van der Waals surface area contributed by atoms with E-state index in [0.29, 0.717) is 12.1 Å². The largest absolute Gasteiger partial charge is 0.294 e. The van der Waals surface area contributed by atoms with Gasteiger partial charge in [-0.2, -0.15) is 0 Å². The third-order valence-corrected chi connectivity index (χ3v) is 4.48. The van der Waals surface area contributed by atoms with Gasteiger partial charge in [-0.1, -0.05) is 45.7 Å². The third-order valence-electron chi connectivity index (χ3n) is 3.03. The van der Waals surface area contributed by atoms with Crippen LogP contribution in [0.2, 0.25) is 0 Å². The average molecular weight is 297 g/mol. The summed E-state index contributed by atoms with van der Waals surface area (Å²) in [5.41, 5.74) is 0.441. The lowest BCUT2D eigenvalue weighted by Crippen LogP contribution is -2.25. The number of ketones is 1. The fourth-order valence-corrected chi connectivity index (χ4v) is 2.93. The fourth-order valence-electron chi connectivity index (χ4n) is 1.81. The molecule has 0 unspecified atom stereocenters. The van der Waals surface area contributed by atoms with Crippen molar-refractivity contribution in [3.8, 4) is 0 Å². The molecule has 0 spiro atoms. The molecule has 0 heterocycles. The van der Waals surface area contributed by atoms with Crippen LogP contribution in [-0.4, -0.2) is 20.7 Å². The molecule has 0 saturated heterocycles. The number of carbonyl (C=O) groups excluding carboxylic acids is 1. The van der Waals surface area contributed by atoms with Crippen LogP contribution in [0.15, 0.2) is 29.2 Å². The summed E-state index contributed by atoms with van der Waals surface area (Å²) in [5.74, 6) is -0.196. The molecule has 0 aliphatic rings. The number of Topliss-reactive ketones (excluding diaryl/α,β-unsaturated/α-hetero) is 1. The molecular formula is C15H23NO3S. The molecule has 5 heteroatoms. The molecule has 1 aromatic rings. The maximum Gasteiger partial charge on any atom is 0.240 e. The van der Waals surface area contributed by atoms with E-state index in [-0.39, 0.29) is 16.6 Å². The van der Waals surface area contributed by atoms with E-state index >= 15 is 0 Å². The smallest absolute Gasteiger partial charge is 0.240 e. The number of carbonyl (C=O) groups is 1. The van der Waals surface area contributed by atoms with Crippen LogP contribution in [0.5, 0.6) is 0 Å². The standard InChI is InChI=1S/C15H23NO3S/c1-4-5-6-10-16-20(18,19)14-9-7-8-13(11-14)15(17)12(2)3/h7-9,11-12,16H,4-6,10H2,1-3H3. The minimum Gasteiger partial charge on any atom is -0.294 e. The summed E-state index contributed by atoms with van der Waals surface area (Å²) in [6, 6.07) is 6.22. The van der Waals surface area contributed by atoms with Gasteiger partial charge in [0.2, 0.25) is 10.0 Å². The highest BCUT2D eigenvalue weighted by atomic mass is 32.2. The highest BCUT2D eigenvalue weighted by Gasteiger charge is 2.17. The molecule has 0 saturated carbocycles. The zero-order valence-electron chi connectivity index (χ0n) is 12.3. The van der Waals surface area contributed by atoms with E-state index in [2.05, 4.69) is 11.6 Å². The van der Waals surface area contributed by atoms with Crippen molar-refractivity contribution >= 4 is 15.8 Å². The molecule has 0 amide bonds. The lowest BCUT2D eigenvalue weighted by molar-refractivity contribution is 0.0939. The Kier molecular flexibility index (Phi) is 6.36. The van der Waals surface area contributed by atoms with Gasteiger partial charge >= 0.3 is 0 Å². The van der Waals surface area contributed by atoms with Crippen LogP contribution in [0.3, 0.4) is 0 Å². The second-order valence-corrected chi connectivity index (χ2v) is 6.92. The molecule has 0 aliphatic heterocycles. The van der Waals surface area contributed by atoms with Gasteiger partial charge in [0.05, 0.1) is 4.90 Å². The lowest BCUT2D eigenvalue weighted by atomic mass is 10.0. The Morgan fingerprint density at radius 1 is 1.25 bits per heavy atom. The molecule has 112 valence electrons. The first-order chi connectivity index (χ1) is 9.38. The molecule has 1 aromatic carbocycles. The van der Waals surface area contributed by atoms with Gasteiger partial charge in [0.15, 0.2) is 5.78 Å². The number of hydrogen-bond donors (Lipinski definition) is 1. The molecule has 1 rings (SSSR count). The second kappa shape index (κ2) is 7.55. The van der Waals surface area contributed by atoms with Crippen LogP contribution in [0.4, 0.5) is 0 Å². The summed E-state index contributed by atoms with van der Waals surface area (Å²) in [5, 5.41) is 0. The van der Waals surface area contributed by atoms with Gasteiger partial charge < -0.3 is 0 Å². The summed E-state index contributed by atoms with van der Waals surface area (Å²) >= 11 is 0. The normalized spacial score (nSPS) is 11.8. The van der Waals surface area contributed by atoms with Crippen molar-refractivity contribution in [1.29, 1.82) is 0 Å². The van der Waals surface area contributed by atoms with Crippen LogP contribution in [0, 0.1) is 5.92 Å². The van der Waals surface area contributed by atoms with Crippen molar-refractivity contribution in [2.24, 2.45) is 5.92 Å². The Morgan fingerprint density at radius 3 is 2.55 bits per heavy atom. The number of nitrogens with one attached hydrogen (secondary N) is 1. The van der Waals surface area contributed by atoms with Crippen LogP contribution in [0.25, 0.3) is 0 Å². The maximum atomic E-state index is 12.1. The predicted octanol–water partition coefficient (Wildman–Crippen LogP) is 2.99. The van der Waals surface area contributed by atoms with Crippen molar-refractivity contribution in [3.05, 3.63) is 29.8 Å². The van der Waals surface area contributed by atoms with E-state index in [1.54, 1.807) is 26.0 Å². The molecule has 20 heavy (non-hydrogen) atoms. The van der Waals surface area contributed by atoms with E-state index in [1.165, 1.54) is 12.1 Å². The van der Waals surface area contributed by atoms with Gasteiger partial charge in [0.1, 0.15) is 0 Å². The summed E-state index contributed by atoms with van der Waals surface area (Å²) in [6.45, 7) is 6.09. The molecule has 0 atom stereocenters. The highest BCUT2D eigenvalue weighted by Crippen LogP contribution is 2.15. The maximum absolute atomic E-state index is 12.1. The van der Waals surface area contributed by atoms with Crippen molar-refractivity contribution < 1.29 is 13.2 Å². The van der Waals surface area contributed by atoms with Gasteiger partial charge in [-0.25, -0.2) is 13.1 Å². The number of unbranched alkanes of at least 4 members (excludes halogenated alkanes) is 2. The Hall–Kier alpha value is -1.20. The Labute approximate surface area is 121 Å². The lowest BCUT2D eigenvalue weighted by Gasteiger charge is -2.09. The molecular weight excluding hydrogens is 274 g/mol. The third kappa shape index (κ3) is 4.72. The zero-order chi connectivity index (χ0) is 15.2. The van der Waals surface area contributed by atoms with Crippen molar-refractivity contribution in [1.82, 2.24) is 4.72 Å². The number of hydrogen-bond acceptors (Lipinski definition) is 3. The monoisotopic (exact) mass is 297 g/mol. The topological polar surface area (TPSA) is 63.2 Å². The van der Waals surface area contributed by atoms with E-state index < -0.39 is 10.0 Å². The summed E-state index contributed by atoms with van der Waals surface area (Å²) in [7, 11) is -3.52. The first-order valence-corrected chi connectivity index (χ1v) is 8.50. The zero-order valence-corrected chi connectivity index (χ0v) is 13.2. The summed E-state index contributed by atoms with van der Waals surface area (Å²) in [4.78, 5) is 12.1. The van der Waals surface area contributed by atoms with Gasteiger partial charge in [-0.05, 0) is 18.6 Å². The van der Waals surface area contributed by atoms with Crippen LogP contribution in [-0.2, 0) is 10.0 Å². The molecule has 1 N–H and O–H groups in total. The quantitative estimate of drug-likeness (QED) is 0.592. The van der Waals surface area contributed by atoms with Crippen LogP contribution < -0.4 is 4.72 Å². The summed E-state index contributed by atoms with van der Waals surface area (Å²) in [6.07, 6.45) is 2.86. The minimum absolute atomic E-state index is 0.0481. The molecule has 0 aliphatic carbocycles. The highest BCUT2D eigenvalue weighted by molar-refractivity contribution is 7.89. The van der Waals surface area contributed by atoms with Crippen LogP contribution in [0.1, 0.15) is 50.4 Å². The predicted molar refractivity (Wildman–Crippen MR) is 80.3 cm³/mol. The van der Waals surface area contributed by atoms with E-state index in [9.17, 15) is 13.2 Å². The average Bonchev–Trinajstić information content (AvgIpc) is 2.43. The minimum atomic E-state index is -3.52. The van der Waals surface area contributed by atoms with Gasteiger partial charge in [-0.3, -0.25) is 4.79 Å². The van der Waals surface area contributed by atoms with E-state index in [0.717, 1.165) is 19.3 Å². The molecule has 4 nitrogen and oxygen atoms in total. The van der Waals surface area contributed by atoms with E-state index in [4.69, 9.17) is 0 Å². The Morgan fingerprint density at radius 2 is 1.95 bits per heavy atom. The number of sulfonamides is 1. The Balaban J connectivity index is 2.85. The first kappa shape index (κ1) is 16.9. The molecule has 0 fully saturated rings. The summed E-state index contributed by atoms with van der Waals surface area (Å²) < 4.78 is 26.8. The molecule has 0 radical (unpaired) electrons. The number of benzene rings is 1. The number of rotatable bonds is 8. The van der Waals surface area contributed by atoms with Crippen molar-refractivity contribution in [2.75, 3.05) is 6.54 Å². The molecule has 0 aromatic heterocycles. The van der Waals surface area contributed by atoms with Crippen LogP contribution >= 0.6 is 0 Å². The van der Waals surface area contributed by atoms with Crippen molar-refractivity contribution in [3.63, 3.8) is 0 Å². The molecule has 0 bridgehead atoms. The van der Waals surface area contributed by atoms with Gasteiger partial charge in [0, 0.05) is 18.0 Å². The van der Waals surface area contributed by atoms with E-state index in [1.807, 2.05) is 0 Å². The Bertz CT molecular complexity index is 550.